The molecule has 0 saturated heterocycles. The van der Waals surface area contributed by atoms with Crippen molar-refractivity contribution in [1.29, 1.82) is 0 Å². The van der Waals surface area contributed by atoms with Crippen LogP contribution in [0.3, 0.4) is 0 Å². The Bertz CT molecular complexity index is 721. The van der Waals surface area contributed by atoms with Crippen molar-refractivity contribution in [3.8, 4) is 0 Å². The molecule has 0 saturated carbocycles. The second-order valence-corrected chi connectivity index (χ2v) is 7.19. The number of aromatic nitrogens is 2. The summed E-state index contributed by atoms with van der Waals surface area (Å²) in [6, 6.07) is 7.50. The molecule has 5 nitrogen and oxygen atoms in total. The predicted molar refractivity (Wildman–Crippen MR) is 95.5 cm³/mol. The molecule has 1 aromatic carbocycles. The van der Waals surface area contributed by atoms with E-state index < -0.39 is 17.2 Å². The molecule has 1 atom stereocenters. The average molecular weight is 325 g/mol. The van der Waals surface area contributed by atoms with Crippen molar-refractivity contribution >= 4 is 19.4 Å². The summed E-state index contributed by atoms with van der Waals surface area (Å²) >= 11 is 0. The van der Waals surface area contributed by atoms with E-state index in [9.17, 15) is 4.79 Å². The molecule has 0 aliphatic heterocycles. The molecule has 0 spiro atoms. The van der Waals surface area contributed by atoms with Gasteiger partial charge in [-0.3, -0.25) is 0 Å². The van der Waals surface area contributed by atoms with Gasteiger partial charge in [-0.15, -0.1) is 0 Å². The minimum Gasteiger partial charge on any atom is -0.444 e. The number of carbonyl (C=O) groups is 1. The topological polar surface area (TPSA) is 56.2 Å². The van der Waals surface area contributed by atoms with Gasteiger partial charge in [-0.25, -0.2) is 9.78 Å². The number of alkyl carbamates (subject to hydrolysis) is 1. The quantitative estimate of drug-likeness (QED) is 0.879. The van der Waals surface area contributed by atoms with Crippen LogP contribution in [0.1, 0.15) is 39.1 Å². The molecule has 0 fully saturated rings. The minimum atomic E-state index is -0.691. The van der Waals surface area contributed by atoms with Crippen LogP contribution < -0.4 is 10.8 Å². The van der Waals surface area contributed by atoms with Crippen molar-refractivity contribution in [2.75, 3.05) is 0 Å². The smallest absolute Gasteiger partial charge is 0.408 e. The first kappa shape index (κ1) is 18.1. The van der Waals surface area contributed by atoms with E-state index in [0.29, 0.717) is 12.0 Å². The van der Waals surface area contributed by atoms with Crippen LogP contribution in [0.25, 0.3) is 0 Å². The van der Waals surface area contributed by atoms with E-state index >= 15 is 0 Å². The number of amides is 1. The summed E-state index contributed by atoms with van der Waals surface area (Å²) in [7, 11) is 5.93. The van der Waals surface area contributed by atoms with Crippen LogP contribution in [0, 0.1) is 6.92 Å². The van der Waals surface area contributed by atoms with Gasteiger partial charge < -0.3 is 14.6 Å². The van der Waals surface area contributed by atoms with Gasteiger partial charge in [0.25, 0.3) is 0 Å². The van der Waals surface area contributed by atoms with Gasteiger partial charge in [0.2, 0.25) is 0 Å². The summed E-state index contributed by atoms with van der Waals surface area (Å²) in [6.07, 6.45) is 3.16. The van der Waals surface area contributed by atoms with Crippen LogP contribution in [0.15, 0.2) is 36.7 Å². The average Bonchev–Trinajstić information content (AvgIpc) is 2.81. The first-order valence-electron chi connectivity index (χ1n) is 7.94. The molecular weight excluding hydrogens is 301 g/mol. The number of imidazole rings is 1. The van der Waals surface area contributed by atoms with E-state index in [-0.39, 0.29) is 0 Å². The van der Waals surface area contributed by atoms with Crippen molar-refractivity contribution in [1.82, 2.24) is 14.9 Å². The van der Waals surface area contributed by atoms with Gasteiger partial charge in [0.1, 0.15) is 19.3 Å². The van der Waals surface area contributed by atoms with Crippen molar-refractivity contribution in [3.63, 3.8) is 0 Å². The molecule has 2 aromatic rings. The highest BCUT2D eigenvalue weighted by Crippen LogP contribution is 2.24. The number of carbonyl (C=O) groups excluding carboxylic acids is 1. The Labute approximate surface area is 144 Å². The first-order valence-corrected chi connectivity index (χ1v) is 7.94. The zero-order valence-corrected chi connectivity index (χ0v) is 15.0. The summed E-state index contributed by atoms with van der Waals surface area (Å²) in [4.78, 5) is 16.6. The van der Waals surface area contributed by atoms with E-state index in [1.54, 1.807) is 6.20 Å². The van der Waals surface area contributed by atoms with Crippen LogP contribution in [-0.4, -0.2) is 29.1 Å². The van der Waals surface area contributed by atoms with Gasteiger partial charge in [0.15, 0.2) is 0 Å². The lowest BCUT2D eigenvalue weighted by molar-refractivity contribution is 0.0449. The third-order valence-electron chi connectivity index (χ3n) is 3.71. The van der Waals surface area contributed by atoms with Gasteiger partial charge >= 0.3 is 6.09 Å². The van der Waals surface area contributed by atoms with E-state index in [1.165, 1.54) is 0 Å². The van der Waals surface area contributed by atoms with Crippen molar-refractivity contribution in [3.05, 3.63) is 48.0 Å². The number of hydrogen-bond acceptors (Lipinski definition) is 3. The van der Waals surface area contributed by atoms with E-state index in [1.807, 2.05) is 69.6 Å². The molecule has 0 bridgehead atoms. The number of hydrogen-bond donors (Lipinski definition) is 1. The summed E-state index contributed by atoms with van der Waals surface area (Å²) in [5.41, 5.74) is 0.294. The van der Waals surface area contributed by atoms with Crippen LogP contribution in [-0.2, 0) is 16.8 Å². The summed E-state index contributed by atoms with van der Waals surface area (Å²) < 4.78 is 7.42. The SMILES string of the molecule is [B]c1cccc(C(C)(Cn2ccnc2C)NC(=O)OC(C)(C)C)c1. The fraction of sp³-hybridized carbons (Fsp3) is 0.444. The highest BCUT2D eigenvalue weighted by molar-refractivity contribution is 6.32. The van der Waals surface area contributed by atoms with E-state index in [4.69, 9.17) is 12.6 Å². The molecule has 2 rings (SSSR count). The zero-order chi connectivity index (χ0) is 18.0. The summed E-state index contributed by atoms with van der Waals surface area (Å²) in [5, 5.41) is 2.99. The molecule has 1 heterocycles. The van der Waals surface area contributed by atoms with E-state index in [2.05, 4.69) is 10.3 Å². The molecule has 0 aliphatic rings. The second-order valence-electron chi connectivity index (χ2n) is 7.19. The standard InChI is InChI=1S/C18H24BN3O2/c1-13-20-9-10-22(13)12-18(5,14-7-6-8-15(19)11-14)21-16(23)24-17(2,3)4/h6-11H,12H2,1-5H3,(H,21,23). The molecule has 1 unspecified atom stereocenters. The summed E-state index contributed by atoms with van der Waals surface area (Å²) in [5.74, 6) is 0.871. The number of ether oxygens (including phenoxy) is 1. The van der Waals surface area contributed by atoms with Crippen LogP contribution in [0.4, 0.5) is 4.79 Å². The Balaban J connectivity index is 2.34. The maximum atomic E-state index is 12.4. The fourth-order valence-corrected chi connectivity index (χ4v) is 2.53. The molecule has 6 heteroatoms. The molecule has 2 radical (unpaired) electrons. The number of nitrogens with one attached hydrogen (secondary N) is 1. The summed E-state index contributed by atoms with van der Waals surface area (Å²) in [6.45, 7) is 9.90. The monoisotopic (exact) mass is 325 g/mol. The van der Waals surface area contributed by atoms with Crippen molar-refractivity contribution < 1.29 is 9.53 Å². The molecule has 126 valence electrons. The Morgan fingerprint density at radius 1 is 1.33 bits per heavy atom. The van der Waals surface area contributed by atoms with Crippen LogP contribution in [0.2, 0.25) is 0 Å². The molecule has 1 amide bonds. The highest BCUT2D eigenvalue weighted by Gasteiger charge is 2.31. The van der Waals surface area contributed by atoms with Crippen molar-refractivity contribution in [2.45, 2.75) is 52.3 Å². The van der Waals surface area contributed by atoms with Crippen LogP contribution in [0.5, 0.6) is 0 Å². The number of aryl methyl sites for hydroxylation is 1. The molecule has 1 aromatic heterocycles. The third-order valence-corrected chi connectivity index (χ3v) is 3.71. The maximum Gasteiger partial charge on any atom is 0.408 e. The second kappa shape index (κ2) is 6.71. The normalized spacial score (nSPS) is 14.0. The molecule has 24 heavy (non-hydrogen) atoms. The largest absolute Gasteiger partial charge is 0.444 e. The minimum absolute atomic E-state index is 0.467. The molecule has 1 N–H and O–H groups in total. The van der Waals surface area contributed by atoms with Crippen LogP contribution >= 0.6 is 0 Å². The Morgan fingerprint density at radius 3 is 2.58 bits per heavy atom. The first-order chi connectivity index (χ1) is 11.1. The molecular formula is C18H24BN3O2. The third kappa shape index (κ3) is 4.63. The fourth-order valence-electron chi connectivity index (χ4n) is 2.53. The van der Waals surface area contributed by atoms with Gasteiger partial charge in [-0.05, 0) is 40.2 Å². The Morgan fingerprint density at radius 2 is 2.04 bits per heavy atom. The Kier molecular flexibility index (Phi) is 5.06. The lowest BCUT2D eigenvalue weighted by atomic mass is 9.86. The van der Waals surface area contributed by atoms with Gasteiger partial charge in [-0.2, -0.15) is 0 Å². The van der Waals surface area contributed by atoms with Gasteiger partial charge in [-0.1, -0.05) is 29.7 Å². The van der Waals surface area contributed by atoms with Gasteiger partial charge in [0.05, 0.1) is 12.1 Å². The Hall–Kier alpha value is -2.24. The number of benzene rings is 1. The lowest BCUT2D eigenvalue weighted by Gasteiger charge is -2.33. The van der Waals surface area contributed by atoms with Gasteiger partial charge in [0, 0.05) is 12.4 Å². The predicted octanol–water partition coefficient (Wildman–Crippen LogP) is 2.43. The zero-order valence-electron chi connectivity index (χ0n) is 15.0. The van der Waals surface area contributed by atoms with Crippen molar-refractivity contribution in [2.24, 2.45) is 0 Å². The van der Waals surface area contributed by atoms with E-state index in [0.717, 1.165) is 11.4 Å². The maximum absolute atomic E-state index is 12.4. The number of rotatable bonds is 4. The lowest BCUT2D eigenvalue weighted by Crippen LogP contribution is -2.48. The number of nitrogens with zero attached hydrogens (tertiary/aromatic N) is 2. The molecule has 0 aliphatic carbocycles. The highest BCUT2D eigenvalue weighted by atomic mass is 16.6.